The minimum atomic E-state index is -1.47. The van der Waals surface area contributed by atoms with Crippen LogP contribution in [0.15, 0.2) is 54.3 Å². The van der Waals surface area contributed by atoms with Crippen LogP contribution in [-0.4, -0.2) is 54.9 Å². The molecule has 0 bridgehead atoms. The van der Waals surface area contributed by atoms with Crippen molar-refractivity contribution in [3.63, 3.8) is 0 Å². The van der Waals surface area contributed by atoms with E-state index in [1.54, 1.807) is 12.4 Å². The molecule has 1 amide bonds. The highest BCUT2D eigenvalue weighted by Crippen LogP contribution is 2.42. The normalized spacial score (nSPS) is 20.5. The third-order valence-corrected chi connectivity index (χ3v) is 5.26. The van der Waals surface area contributed by atoms with Gasteiger partial charge in [0.15, 0.2) is 5.76 Å². The number of nitrogens with zero attached hydrogens (tertiary/aromatic N) is 2. The molecule has 8 nitrogen and oxygen atoms in total. The van der Waals surface area contributed by atoms with Gasteiger partial charge < -0.3 is 24.8 Å². The molecule has 1 aliphatic heterocycles. The van der Waals surface area contributed by atoms with E-state index in [9.17, 15) is 4.79 Å². The van der Waals surface area contributed by atoms with Crippen molar-refractivity contribution in [1.82, 2.24) is 15.1 Å². The second-order valence-corrected chi connectivity index (χ2v) is 7.66. The van der Waals surface area contributed by atoms with Gasteiger partial charge in [-0.3, -0.25) is 9.89 Å². The Kier molecular flexibility index (Phi) is 5.50. The first-order chi connectivity index (χ1) is 14.5. The Morgan fingerprint density at radius 1 is 1.37 bits per heavy atom. The molecule has 1 aliphatic carbocycles. The summed E-state index contributed by atoms with van der Waals surface area (Å²) >= 11 is 0. The van der Waals surface area contributed by atoms with Gasteiger partial charge in [0, 0.05) is 24.7 Å². The number of likely N-dealkylation sites (N-methyl/N-ethyl adjacent to an activating group) is 1. The van der Waals surface area contributed by atoms with E-state index < -0.39 is 11.5 Å². The van der Waals surface area contributed by atoms with Gasteiger partial charge in [-0.1, -0.05) is 12.1 Å². The fourth-order valence-electron chi connectivity index (χ4n) is 3.55. The van der Waals surface area contributed by atoms with Crippen LogP contribution in [-0.2, 0) is 19.9 Å². The van der Waals surface area contributed by atoms with Gasteiger partial charge in [-0.25, -0.2) is 0 Å². The maximum absolute atomic E-state index is 12.7. The molecule has 0 fully saturated rings. The Morgan fingerprint density at radius 3 is 2.97 bits per heavy atom. The van der Waals surface area contributed by atoms with Crippen molar-refractivity contribution >= 4 is 5.91 Å². The Balaban J connectivity index is 1.75. The summed E-state index contributed by atoms with van der Waals surface area (Å²) in [6.07, 6.45) is 8.98. The third-order valence-electron chi connectivity index (χ3n) is 5.26. The van der Waals surface area contributed by atoms with Crippen LogP contribution in [0.3, 0.4) is 0 Å². The molecule has 1 aromatic carbocycles. The second kappa shape index (κ2) is 8.23. The van der Waals surface area contributed by atoms with Gasteiger partial charge in [0.2, 0.25) is 5.60 Å². The predicted octanol–water partition coefficient (Wildman–Crippen LogP) is 2.31. The second-order valence-electron chi connectivity index (χ2n) is 7.66. The number of allylic oxidation sites excluding steroid dienone is 3. The van der Waals surface area contributed by atoms with E-state index in [2.05, 4.69) is 10.2 Å². The number of primary amides is 1. The zero-order valence-corrected chi connectivity index (χ0v) is 17.2. The summed E-state index contributed by atoms with van der Waals surface area (Å²) in [7, 11) is 3.94. The fourth-order valence-corrected chi connectivity index (χ4v) is 3.55. The van der Waals surface area contributed by atoms with Crippen molar-refractivity contribution in [2.45, 2.75) is 18.4 Å². The highest BCUT2D eigenvalue weighted by Gasteiger charge is 2.48. The van der Waals surface area contributed by atoms with Crippen LogP contribution in [0.2, 0.25) is 0 Å². The molecule has 1 atom stereocenters. The van der Waals surface area contributed by atoms with E-state index in [1.807, 2.05) is 49.3 Å². The van der Waals surface area contributed by atoms with Crippen molar-refractivity contribution in [2.24, 2.45) is 5.73 Å². The van der Waals surface area contributed by atoms with E-state index >= 15 is 0 Å². The molecule has 2 aromatic rings. The maximum Gasteiger partial charge on any atom is 0.270 e. The van der Waals surface area contributed by atoms with Crippen LogP contribution in [0.1, 0.15) is 18.4 Å². The summed E-state index contributed by atoms with van der Waals surface area (Å²) in [5.74, 6) is 1.20. The number of amides is 1. The van der Waals surface area contributed by atoms with Crippen LogP contribution in [0, 0.1) is 0 Å². The summed E-state index contributed by atoms with van der Waals surface area (Å²) in [6, 6.07) is 5.59. The predicted molar refractivity (Wildman–Crippen MR) is 111 cm³/mol. The number of carbonyl (C=O) groups excluding carboxylic acids is 1. The average molecular weight is 410 g/mol. The molecule has 0 saturated carbocycles. The zero-order valence-electron chi connectivity index (χ0n) is 17.2. The largest absolute Gasteiger partial charge is 0.492 e. The highest BCUT2D eigenvalue weighted by molar-refractivity contribution is 5.87. The molecule has 30 heavy (non-hydrogen) atoms. The third kappa shape index (κ3) is 3.78. The molecule has 1 aromatic heterocycles. The lowest BCUT2D eigenvalue weighted by molar-refractivity contribution is -0.152. The molecule has 2 heterocycles. The number of carbonyl (C=O) groups is 1. The van der Waals surface area contributed by atoms with Gasteiger partial charge in [0.1, 0.15) is 24.7 Å². The van der Waals surface area contributed by atoms with E-state index in [1.165, 1.54) is 0 Å². The summed E-state index contributed by atoms with van der Waals surface area (Å²) in [4.78, 5) is 14.7. The lowest BCUT2D eigenvalue weighted by atomic mass is 9.89. The minimum absolute atomic E-state index is 0.00407. The van der Waals surface area contributed by atoms with Crippen LogP contribution < -0.4 is 10.5 Å². The molecule has 0 saturated heterocycles. The van der Waals surface area contributed by atoms with Crippen LogP contribution in [0.5, 0.6) is 5.75 Å². The quantitative estimate of drug-likeness (QED) is 0.726. The number of ether oxygens (including phenoxy) is 3. The van der Waals surface area contributed by atoms with Gasteiger partial charge in [0.05, 0.1) is 11.8 Å². The van der Waals surface area contributed by atoms with Crippen LogP contribution >= 0.6 is 0 Å². The van der Waals surface area contributed by atoms with Gasteiger partial charge in [-0.05, 0) is 44.3 Å². The number of rotatable bonds is 7. The van der Waals surface area contributed by atoms with E-state index in [0.29, 0.717) is 30.2 Å². The molecule has 1 unspecified atom stereocenters. The number of nitrogens with two attached hydrogens (primary N) is 1. The van der Waals surface area contributed by atoms with Gasteiger partial charge in [-0.15, -0.1) is 0 Å². The van der Waals surface area contributed by atoms with E-state index in [0.717, 1.165) is 29.7 Å². The smallest absolute Gasteiger partial charge is 0.270 e. The van der Waals surface area contributed by atoms with Crippen molar-refractivity contribution in [1.29, 1.82) is 0 Å². The van der Waals surface area contributed by atoms with Gasteiger partial charge in [-0.2, -0.15) is 5.10 Å². The average Bonchev–Trinajstić information content (AvgIpc) is 3.28. The van der Waals surface area contributed by atoms with E-state index in [4.69, 9.17) is 19.9 Å². The molecular formula is C22H26N4O4. The summed E-state index contributed by atoms with van der Waals surface area (Å²) < 4.78 is 18.2. The standard InChI is InChI=1S/C22H26N4O4/c1-26(2)9-10-28-20-11-15(16-12-24-25-13-16)7-8-17(20)22(21(23)27)14-29-18-5-3-4-6-19(18)30-22/h4,6-8,11-13H,3,5,9-10,14H2,1-2H3,(H2,23,27)(H,24,25). The monoisotopic (exact) mass is 410 g/mol. The van der Waals surface area contributed by atoms with Crippen molar-refractivity contribution in [3.8, 4) is 16.9 Å². The summed E-state index contributed by atoms with van der Waals surface area (Å²) in [5.41, 5.74) is 6.76. The SMILES string of the molecule is CN(C)CCOc1cc(-c2cn[nH]c2)ccc1C1(C(N)=O)COC2=C(C=CCC2)O1. The Bertz CT molecular complexity index is 981. The topological polar surface area (TPSA) is 103 Å². The molecule has 4 rings (SSSR count). The molecule has 0 spiro atoms. The first-order valence-corrected chi connectivity index (χ1v) is 9.92. The van der Waals surface area contributed by atoms with Crippen molar-refractivity contribution < 1.29 is 19.0 Å². The number of hydrogen-bond donors (Lipinski definition) is 2. The van der Waals surface area contributed by atoms with Gasteiger partial charge in [0.25, 0.3) is 5.91 Å². The number of aromatic amines is 1. The molecule has 0 radical (unpaired) electrons. The first-order valence-electron chi connectivity index (χ1n) is 9.92. The van der Waals surface area contributed by atoms with E-state index in [-0.39, 0.29) is 6.61 Å². The summed E-state index contributed by atoms with van der Waals surface area (Å²) in [5, 5.41) is 6.82. The van der Waals surface area contributed by atoms with Gasteiger partial charge >= 0.3 is 0 Å². The number of H-pyrrole nitrogens is 1. The summed E-state index contributed by atoms with van der Waals surface area (Å²) in [6.45, 7) is 1.16. The highest BCUT2D eigenvalue weighted by atomic mass is 16.6. The lowest BCUT2D eigenvalue weighted by Crippen LogP contribution is -2.49. The maximum atomic E-state index is 12.7. The molecular weight excluding hydrogens is 384 g/mol. The first kappa shape index (κ1) is 20.0. The molecule has 2 aliphatic rings. The number of benzene rings is 1. The molecule has 8 heteroatoms. The Hall–Kier alpha value is -3.26. The van der Waals surface area contributed by atoms with Crippen LogP contribution in [0.25, 0.3) is 11.1 Å². The lowest BCUT2D eigenvalue weighted by Gasteiger charge is -2.38. The van der Waals surface area contributed by atoms with Crippen molar-refractivity contribution in [2.75, 3.05) is 33.9 Å². The number of aromatic nitrogens is 2. The minimum Gasteiger partial charge on any atom is -0.492 e. The fraction of sp³-hybridized carbons (Fsp3) is 0.364. The van der Waals surface area contributed by atoms with Crippen molar-refractivity contribution in [3.05, 3.63) is 59.8 Å². The zero-order chi connectivity index (χ0) is 21.1. The molecule has 158 valence electrons. The Labute approximate surface area is 175 Å². The number of hydrogen-bond acceptors (Lipinski definition) is 6. The Morgan fingerprint density at radius 2 is 2.23 bits per heavy atom. The number of nitrogens with one attached hydrogen (secondary N) is 1. The van der Waals surface area contributed by atoms with Crippen LogP contribution in [0.4, 0.5) is 0 Å². The molecule has 3 N–H and O–H groups in total.